The summed E-state index contributed by atoms with van der Waals surface area (Å²) in [5.41, 5.74) is 0.450. The molecule has 2 N–H and O–H groups in total. The van der Waals surface area contributed by atoms with Crippen LogP contribution in [0.15, 0.2) is 65.6 Å². The summed E-state index contributed by atoms with van der Waals surface area (Å²) in [5, 5.41) is 2.60. The molecule has 29 heavy (non-hydrogen) atoms. The fraction of sp³-hybridized carbons (Fsp3) is 0.0500. The number of carbonyl (C=O) groups excluding carboxylic acids is 1. The van der Waals surface area contributed by atoms with Crippen LogP contribution in [0.3, 0.4) is 0 Å². The Bertz CT molecular complexity index is 1200. The summed E-state index contributed by atoms with van der Waals surface area (Å²) in [6.45, 7) is 1.77. The van der Waals surface area contributed by atoms with Crippen molar-refractivity contribution in [1.82, 2.24) is 0 Å². The minimum absolute atomic E-state index is 0.220. The maximum absolute atomic E-state index is 14.4. The molecule has 0 saturated heterocycles. The molecule has 0 aliphatic carbocycles. The predicted molar refractivity (Wildman–Crippen MR) is 108 cm³/mol. The van der Waals surface area contributed by atoms with Crippen LogP contribution in [-0.2, 0) is 10.0 Å². The zero-order chi connectivity index (χ0) is 21.2. The Morgan fingerprint density at radius 1 is 0.966 bits per heavy atom. The topological polar surface area (TPSA) is 75.3 Å². The molecule has 0 saturated carbocycles. The van der Waals surface area contributed by atoms with Gasteiger partial charge in [0.1, 0.15) is 11.6 Å². The summed E-state index contributed by atoms with van der Waals surface area (Å²) in [5.74, 6) is -2.60. The highest BCUT2D eigenvalue weighted by Gasteiger charge is 2.19. The quantitative estimate of drug-likeness (QED) is 0.592. The van der Waals surface area contributed by atoms with Crippen molar-refractivity contribution in [2.75, 3.05) is 10.0 Å². The van der Waals surface area contributed by atoms with Crippen LogP contribution in [0.5, 0.6) is 0 Å². The van der Waals surface area contributed by atoms with Gasteiger partial charge in [-0.1, -0.05) is 29.8 Å². The van der Waals surface area contributed by atoms with Crippen molar-refractivity contribution in [3.8, 4) is 0 Å². The van der Waals surface area contributed by atoms with Gasteiger partial charge in [0.15, 0.2) is 0 Å². The summed E-state index contributed by atoms with van der Waals surface area (Å²) in [6.07, 6.45) is 0. The van der Waals surface area contributed by atoms with E-state index in [2.05, 4.69) is 10.0 Å². The molecule has 0 aliphatic heterocycles. The van der Waals surface area contributed by atoms with E-state index in [4.69, 9.17) is 11.6 Å². The largest absolute Gasteiger partial charge is 0.319 e. The van der Waals surface area contributed by atoms with Gasteiger partial charge in [-0.05, 0) is 55.0 Å². The third kappa shape index (κ3) is 4.72. The molecule has 0 spiro atoms. The van der Waals surface area contributed by atoms with Crippen molar-refractivity contribution in [3.05, 3.63) is 88.4 Å². The number of amides is 1. The molecule has 150 valence electrons. The van der Waals surface area contributed by atoms with Gasteiger partial charge >= 0.3 is 0 Å². The van der Waals surface area contributed by atoms with Crippen LogP contribution in [0.1, 0.15) is 15.9 Å². The zero-order valence-electron chi connectivity index (χ0n) is 15.0. The molecule has 1 amide bonds. The number of benzene rings is 3. The molecular formula is C20H15ClF2N2O3S. The molecule has 0 unspecified atom stereocenters. The third-order valence-corrected chi connectivity index (χ3v) is 5.83. The van der Waals surface area contributed by atoms with E-state index in [1.54, 1.807) is 13.0 Å². The maximum atomic E-state index is 14.4. The number of anilines is 2. The smallest absolute Gasteiger partial charge is 0.261 e. The first kappa shape index (κ1) is 20.8. The molecule has 0 bridgehead atoms. The molecule has 5 nitrogen and oxygen atoms in total. The Labute approximate surface area is 171 Å². The van der Waals surface area contributed by atoms with Crippen LogP contribution in [0.25, 0.3) is 0 Å². The van der Waals surface area contributed by atoms with Crippen molar-refractivity contribution in [1.29, 1.82) is 0 Å². The summed E-state index contributed by atoms with van der Waals surface area (Å²) in [4.78, 5) is 11.8. The Kier molecular flexibility index (Phi) is 5.86. The van der Waals surface area contributed by atoms with E-state index in [1.807, 2.05) is 0 Å². The molecular weight excluding hydrogens is 422 g/mol. The van der Waals surface area contributed by atoms with Crippen molar-refractivity contribution in [2.24, 2.45) is 0 Å². The van der Waals surface area contributed by atoms with Crippen molar-refractivity contribution >= 4 is 38.9 Å². The van der Waals surface area contributed by atoms with Gasteiger partial charge in [-0.15, -0.1) is 0 Å². The van der Waals surface area contributed by atoms with E-state index in [1.165, 1.54) is 30.3 Å². The van der Waals surface area contributed by atoms with Gasteiger partial charge < -0.3 is 5.32 Å². The molecule has 0 atom stereocenters. The predicted octanol–water partition coefficient (Wildman–Crippen LogP) is 4.98. The SMILES string of the molecule is Cc1ccc(NS(=O)(=O)c2ccc(NC(=O)c3ccccc3F)c(F)c2)cc1Cl. The first-order chi connectivity index (χ1) is 13.7. The fourth-order valence-corrected chi connectivity index (χ4v) is 3.71. The lowest BCUT2D eigenvalue weighted by Crippen LogP contribution is -2.16. The average molecular weight is 437 g/mol. The van der Waals surface area contributed by atoms with E-state index >= 15 is 0 Å². The van der Waals surface area contributed by atoms with E-state index in [-0.39, 0.29) is 21.8 Å². The summed E-state index contributed by atoms with van der Waals surface area (Å²) >= 11 is 5.98. The van der Waals surface area contributed by atoms with Gasteiger partial charge in [-0.2, -0.15) is 0 Å². The highest BCUT2D eigenvalue weighted by Crippen LogP contribution is 2.25. The molecule has 0 fully saturated rings. The van der Waals surface area contributed by atoms with Crippen molar-refractivity contribution in [3.63, 3.8) is 0 Å². The van der Waals surface area contributed by atoms with Crippen LogP contribution < -0.4 is 10.0 Å². The lowest BCUT2D eigenvalue weighted by atomic mass is 10.2. The minimum atomic E-state index is -4.09. The van der Waals surface area contributed by atoms with E-state index < -0.39 is 27.6 Å². The standard InChI is InChI=1S/C20H15ClF2N2O3S/c1-12-6-7-13(10-16(12)21)25-29(27,28)14-8-9-19(18(23)11-14)24-20(26)15-4-2-3-5-17(15)22/h2-11,25H,1H3,(H,24,26). The van der Waals surface area contributed by atoms with Gasteiger partial charge in [-0.3, -0.25) is 9.52 Å². The number of hydrogen-bond donors (Lipinski definition) is 2. The molecule has 0 aliphatic rings. The second kappa shape index (κ2) is 8.18. The number of nitrogens with one attached hydrogen (secondary N) is 2. The molecule has 9 heteroatoms. The number of aryl methyl sites for hydroxylation is 1. The highest BCUT2D eigenvalue weighted by molar-refractivity contribution is 7.92. The van der Waals surface area contributed by atoms with Crippen LogP contribution >= 0.6 is 11.6 Å². The first-order valence-corrected chi connectivity index (χ1v) is 10.2. The van der Waals surface area contributed by atoms with Gasteiger partial charge in [-0.25, -0.2) is 17.2 Å². The number of halogens is 3. The number of carbonyl (C=O) groups is 1. The first-order valence-electron chi connectivity index (χ1n) is 8.32. The third-order valence-electron chi connectivity index (χ3n) is 4.04. The Morgan fingerprint density at radius 2 is 1.69 bits per heavy atom. The highest BCUT2D eigenvalue weighted by atomic mass is 35.5. The lowest BCUT2D eigenvalue weighted by molar-refractivity contribution is 0.102. The maximum Gasteiger partial charge on any atom is 0.261 e. The normalized spacial score (nSPS) is 11.2. The summed E-state index contributed by atoms with van der Waals surface area (Å²) in [6, 6.07) is 12.8. The number of rotatable bonds is 5. The monoisotopic (exact) mass is 436 g/mol. The summed E-state index contributed by atoms with van der Waals surface area (Å²) < 4.78 is 55.4. The second-order valence-corrected chi connectivity index (χ2v) is 8.23. The van der Waals surface area contributed by atoms with Crippen LogP contribution in [0.4, 0.5) is 20.2 Å². The molecule has 0 aromatic heterocycles. The number of sulfonamides is 1. The molecule has 0 heterocycles. The minimum Gasteiger partial charge on any atom is -0.319 e. The Balaban J connectivity index is 1.82. The Morgan fingerprint density at radius 3 is 2.34 bits per heavy atom. The average Bonchev–Trinajstić information content (AvgIpc) is 2.66. The summed E-state index contributed by atoms with van der Waals surface area (Å²) in [7, 11) is -4.09. The van der Waals surface area contributed by atoms with Crippen LogP contribution in [0.2, 0.25) is 5.02 Å². The van der Waals surface area contributed by atoms with Crippen LogP contribution in [0, 0.1) is 18.6 Å². The van der Waals surface area contributed by atoms with Gasteiger partial charge in [0.2, 0.25) is 0 Å². The van der Waals surface area contributed by atoms with E-state index in [9.17, 15) is 22.0 Å². The van der Waals surface area contributed by atoms with E-state index in [0.717, 1.165) is 29.8 Å². The van der Waals surface area contributed by atoms with Gasteiger partial charge in [0.05, 0.1) is 21.8 Å². The zero-order valence-corrected chi connectivity index (χ0v) is 16.6. The lowest BCUT2D eigenvalue weighted by Gasteiger charge is -2.11. The van der Waals surface area contributed by atoms with Crippen molar-refractivity contribution in [2.45, 2.75) is 11.8 Å². The molecule has 3 aromatic carbocycles. The molecule has 3 aromatic rings. The van der Waals surface area contributed by atoms with Gasteiger partial charge in [0.25, 0.3) is 15.9 Å². The van der Waals surface area contributed by atoms with Crippen LogP contribution in [-0.4, -0.2) is 14.3 Å². The fourth-order valence-electron chi connectivity index (χ4n) is 2.47. The Hall–Kier alpha value is -2.97. The molecule has 3 rings (SSSR count). The second-order valence-electron chi connectivity index (χ2n) is 6.15. The van der Waals surface area contributed by atoms with E-state index in [0.29, 0.717) is 5.02 Å². The van der Waals surface area contributed by atoms with Gasteiger partial charge in [0, 0.05) is 5.02 Å². The van der Waals surface area contributed by atoms with Crippen molar-refractivity contribution < 1.29 is 22.0 Å². The molecule has 0 radical (unpaired) electrons. The number of hydrogen-bond acceptors (Lipinski definition) is 3.